The van der Waals surface area contributed by atoms with Crippen LogP contribution in [0.4, 0.5) is 5.82 Å². The third-order valence-electron chi connectivity index (χ3n) is 5.45. The highest BCUT2D eigenvalue weighted by molar-refractivity contribution is 5.49. The lowest BCUT2D eigenvalue weighted by Crippen LogP contribution is -2.35. The Morgan fingerprint density at radius 3 is 2.33 bits per heavy atom. The van der Waals surface area contributed by atoms with Gasteiger partial charge in [0, 0.05) is 36.8 Å². The van der Waals surface area contributed by atoms with Crippen LogP contribution in [-0.4, -0.2) is 56.8 Å². The minimum atomic E-state index is 0.471. The summed E-state index contributed by atoms with van der Waals surface area (Å²) in [5, 5.41) is 9.03. The summed E-state index contributed by atoms with van der Waals surface area (Å²) in [6, 6.07) is 0. The molecule has 0 bridgehead atoms. The molecule has 0 amide bonds. The van der Waals surface area contributed by atoms with Crippen LogP contribution in [0.5, 0.6) is 0 Å². The summed E-state index contributed by atoms with van der Waals surface area (Å²) in [6.07, 6.45) is 3.15. The predicted octanol–water partition coefficient (Wildman–Crippen LogP) is 2.71. The van der Waals surface area contributed by atoms with Crippen LogP contribution in [0.25, 0.3) is 0 Å². The van der Waals surface area contributed by atoms with Gasteiger partial charge in [-0.1, -0.05) is 6.92 Å². The molecule has 1 saturated heterocycles. The Balaban J connectivity index is 1.76. The summed E-state index contributed by atoms with van der Waals surface area (Å²) < 4.78 is 2.30. The minimum Gasteiger partial charge on any atom is -0.356 e. The molecule has 3 heterocycles. The zero-order chi connectivity index (χ0) is 19.6. The zero-order valence-electron chi connectivity index (χ0n) is 17.7. The molecule has 1 aliphatic rings. The maximum absolute atomic E-state index is 4.77. The smallest absolute Gasteiger partial charge is 0.147 e. The second kappa shape index (κ2) is 8.33. The number of rotatable bonds is 6. The van der Waals surface area contributed by atoms with Crippen molar-refractivity contribution < 1.29 is 0 Å². The Labute approximate surface area is 162 Å². The highest BCUT2D eigenvalue weighted by atomic mass is 15.3. The predicted molar refractivity (Wildman–Crippen MR) is 108 cm³/mol. The van der Waals surface area contributed by atoms with Gasteiger partial charge in [-0.3, -0.25) is 0 Å². The van der Waals surface area contributed by atoms with Crippen LogP contribution in [0.2, 0.25) is 0 Å². The molecule has 3 rings (SSSR count). The second-order valence-electron chi connectivity index (χ2n) is 7.73. The molecule has 0 saturated carbocycles. The maximum atomic E-state index is 4.77. The Kier molecular flexibility index (Phi) is 6.09. The number of anilines is 1. The van der Waals surface area contributed by atoms with E-state index < -0.39 is 0 Å². The highest BCUT2D eigenvalue weighted by Gasteiger charge is 2.27. The van der Waals surface area contributed by atoms with E-state index in [0.717, 1.165) is 74.4 Å². The van der Waals surface area contributed by atoms with Crippen LogP contribution in [0.3, 0.4) is 0 Å². The first-order valence-electron chi connectivity index (χ1n) is 10.1. The van der Waals surface area contributed by atoms with Crippen molar-refractivity contribution in [2.24, 2.45) is 0 Å². The number of nitrogens with zero attached hydrogens (tertiary/aromatic N) is 7. The van der Waals surface area contributed by atoms with E-state index in [-0.39, 0.29) is 0 Å². The van der Waals surface area contributed by atoms with Crippen molar-refractivity contribution in [3.05, 3.63) is 28.7 Å². The molecule has 0 unspecified atom stereocenters. The zero-order valence-corrected chi connectivity index (χ0v) is 17.7. The van der Waals surface area contributed by atoms with Crippen molar-refractivity contribution in [2.75, 3.05) is 32.1 Å². The van der Waals surface area contributed by atoms with E-state index in [9.17, 15) is 0 Å². The van der Waals surface area contributed by atoms with Crippen molar-refractivity contribution in [2.45, 2.75) is 66.0 Å². The van der Waals surface area contributed by atoms with Gasteiger partial charge in [0.1, 0.15) is 23.3 Å². The van der Waals surface area contributed by atoms with Crippen LogP contribution < -0.4 is 4.90 Å². The van der Waals surface area contributed by atoms with Crippen LogP contribution >= 0.6 is 0 Å². The summed E-state index contributed by atoms with van der Waals surface area (Å²) in [5.74, 6) is 4.68. The summed E-state index contributed by atoms with van der Waals surface area (Å²) in [6.45, 7) is 12.2. The summed E-state index contributed by atoms with van der Waals surface area (Å²) >= 11 is 0. The largest absolute Gasteiger partial charge is 0.356 e. The summed E-state index contributed by atoms with van der Waals surface area (Å²) in [4.78, 5) is 13.9. The molecular formula is C20H33N7. The lowest BCUT2D eigenvalue weighted by Gasteiger charge is -2.34. The first-order valence-corrected chi connectivity index (χ1v) is 10.1. The van der Waals surface area contributed by atoms with E-state index in [1.54, 1.807) is 0 Å². The lowest BCUT2D eigenvalue weighted by atomic mass is 9.95. The van der Waals surface area contributed by atoms with Crippen molar-refractivity contribution in [3.63, 3.8) is 0 Å². The summed E-state index contributed by atoms with van der Waals surface area (Å²) in [5.41, 5.74) is 2.39. The number of hydrogen-bond donors (Lipinski definition) is 0. The molecule has 7 nitrogen and oxygen atoms in total. The van der Waals surface area contributed by atoms with Gasteiger partial charge in [0.15, 0.2) is 0 Å². The average Bonchev–Trinajstić information content (AvgIpc) is 3.03. The maximum Gasteiger partial charge on any atom is 0.147 e. The molecule has 2 aromatic rings. The molecule has 0 radical (unpaired) electrons. The van der Waals surface area contributed by atoms with E-state index in [2.05, 4.69) is 64.4 Å². The molecule has 1 fully saturated rings. The van der Waals surface area contributed by atoms with E-state index in [1.165, 1.54) is 5.56 Å². The molecular weight excluding hydrogens is 338 g/mol. The number of hydrogen-bond acceptors (Lipinski definition) is 6. The highest BCUT2D eigenvalue weighted by Crippen LogP contribution is 2.31. The van der Waals surface area contributed by atoms with Crippen LogP contribution in [0.1, 0.15) is 61.3 Å². The minimum absolute atomic E-state index is 0.471. The number of piperidine rings is 1. The first kappa shape index (κ1) is 19.7. The van der Waals surface area contributed by atoms with E-state index in [4.69, 9.17) is 4.98 Å². The lowest BCUT2D eigenvalue weighted by molar-refractivity contribution is 0.377. The van der Waals surface area contributed by atoms with Crippen LogP contribution in [0.15, 0.2) is 0 Å². The van der Waals surface area contributed by atoms with E-state index in [0.29, 0.717) is 5.92 Å². The fraction of sp³-hybridized carbons (Fsp3) is 0.700. The van der Waals surface area contributed by atoms with Gasteiger partial charge in [-0.25, -0.2) is 9.97 Å². The van der Waals surface area contributed by atoms with Gasteiger partial charge in [0.2, 0.25) is 0 Å². The van der Waals surface area contributed by atoms with Gasteiger partial charge in [-0.15, -0.1) is 10.2 Å². The Bertz CT molecular complexity index is 773. The van der Waals surface area contributed by atoms with Crippen LogP contribution in [0, 0.1) is 13.8 Å². The molecule has 1 aliphatic heterocycles. The monoisotopic (exact) mass is 371 g/mol. The number of aryl methyl sites for hydroxylation is 2. The third-order valence-corrected chi connectivity index (χ3v) is 5.45. The second-order valence-corrected chi connectivity index (χ2v) is 7.73. The molecule has 7 heteroatoms. The molecule has 0 spiro atoms. The Hall–Kier alpha value is -2.02. The molecule has 0 aliphatic carbocycles. The van der Waals surface area contributed by atoms with Crippen molar-refractivity contribution in [1.82, 2.24) is 29.6 Å². The first-order chi connectivity index (χ1) is 12.9. The molecule has 0 N–H and O–H groups in total. The van der Waals surface area contributed by atoms with Gasteiger partial charge < -0.3 is 14.4 Å². The average molecular weight is 372 g/mol. The van der Waals surface area contributed by atoms with Crippen molar-refractivity contribution in [3.8, 4) is 0 Å². The van der Waals surface area contributed by atoms with Gasteiger partial charge >= 0.3 is 0 Å². The third kappa shape index (κ3) is 4.13. The summed E-state index contributed by atoms with van der Waals surface area (Å²) in [7, 11) is 4.15. The van der Waals surface area contributed by atoms with Gasteiger partial charge in [-0.2, -0.15) is 0 Å². The molecule has 0 aromatic carbocycles. The Morgan fingerprint density at radius 2 is 1.74 bits per heavy atom. The fourth-order valence-electron chi connectivity index (χ4n) is 4.14. The molecule has 148 valence electrons. The molecule has 27 heavy (non-hydrogen) atoms. The van der Waals surface area contributed by atoms with Crippen molar-refractivity contribution >= 4 is 5.82 Å². The van der Waals surface area contributed by atoms with Gasteiger partial charge in [0.25, 0.3) is 0 Å². The Morgan fingerprint density at radius 1 is 1.04 bits per heavy atom. The van der Waals surface area contributed by atoms with Gasteiger partial charge in [0.05, 0.1) is 6.54 Å². The van der Waals surface area contributed by atoms with Gasteiger partial charge in [-0.05, 0) is 54.1 Å². The topological polar surface area (TPSA) is 63.0 Å². The van der Waals surface area contributed by atoms with Crippen LogP contribution in [-0.2, 0) is 19.5 Å². The molecule has 2 aromatic heterocycles. The van der Waals surface area contributed by atoms with Crippen molar-refractivity contribution in [1.29, 1.82) is 0 Å². The fourth-order valence-corrected chi connectivity index (χ4v) is 4.14. The standard InChI is InChI=1S/C20H33N7/c1-7-17-14(3)21-15(4)22-20(17)26-11-9-16(10-12-26)19-24-23-18(13-25(5)6)27(19)8-2/h16H,7-13H2,1-6H3. The number of aromatic nitrogens is 5. The van der Waals surface area contributed by atoms with E-state index >= 15 is 0 Å². The quantitative estimate of drug-likeness (QED) is 0.778. The normalized spacial score (nSPS) is 15.7. The van der Waals surface area contributed by atoms with E-state index in [1.807, 2.05) is 6.92 Å². The molecule has 0 atom stereocenters. The SMILES string of the molecule is CCc1c(C)nc(C)nc1N1CCC(c2nnc(CN(C)C)n2CC)CC1.